The molecule has 0 saturated carbocycles. The third-order valence-electron chi connectivity index (χ3n) is 2.70. The van der Waals surface area contributed by atoms with Crippen LogP contribution >= 0.6 is 11.3 Å². The highest BCUT2D eigenvalue weighted by molar-refractivity contribution is 7.09. The van der Waals surface area contributed by atoms with Crippen LogP contribution in [-0.2, 0) is 10.3 Å². The molecule has 0 aliphatic carbocycles. The quantitative estimate of drug-likeness (QED) is 0.760. The van der Waals surface area contributed by atoms with Gasteiger partial charge < -0.3 is 4.74 Å². The third kappa shape index (κ3) is 2.79. The van der Waals surface area contributed by atoms with E-state index in [9.17, 15) is 0 Å². The minimum absolute atomic E-state index is 0.202. The van der Waals surface area contributed by atoms with E-state index in [1.807, 2.05) is 6.92 Å². The Labute approximate surface area is 96.7 Å². The van der Waals surface area contributed by atoms with Gasteiger partial charge in [0.2, 0.25) is 0 Å². The summed E-state index contributed by atoms with van der Waals surface area (Å²) in [7, 11) is 0. The Kier molecular flexibility index (Phi) is 4.29. The first kappa shape index (κ1) is 12.7. The van der Waals surface area contributed by atoms with E-state index in [-0.39, 0.29) is 5.60 Å². The molecule has 0 radical (unpaired) electrons. The van der Waals surface area contributed by atoms with Gasteiger partial charge in [-0.25, -0.2) is 4.98 Å². The van der Waals surface area contributed by atoms with Crippen LogP contribution in [0.1, 0.15) is 57.7 Å². The number of rotatable bonds is 5. The predicted molar refractivity (Wildman–Crippen MR) is 65.5 cm³/mol. The monoisotopic (exact) mass is 227 g/mol. The van der Waals surface area contributed by atoms with Gasteiger partial charge in [-0.05, 0) is 26.2 Å². The first-order valence-electron chi connectivity index (χ1n) is 5.63. The molecule has 0 saturated heterocycles. The lowest BCUT2D eigenvalue weighted by atomic mass is 10.0. The van der Waals surface area contributed by atoms with Crippen LogP contribution in [0.4, 0.5) is 0 Å². The van der Waals surface area contributed by atoms with Crippen molar-refractivity contribution in [2.24, 2.45) is 0 Å². The molecular formula is C12H21NOS. The molecule has 0 spiro atoms. The third-order valence-corrected chi connectivity index (χ3v) is 3.81. The largest absolute Gasteiger partial charge is 0.368 e. The second kappa shape index (κ2) is 5.08. The smallest absolute Gasteiger partial charge is 0.125 e. The van der Waals surface area contributed by atoms with Crippen LogP contribution in [0.25, 0.3) is 0 Å². The van der Waals surface area contributed by atoms with Crippen molar-refractivity contribution in [3.8, 4) is 0 Å². The number of aromatic nitrogens is 1. The lowest BCUT2D eigenvalue weighted by molar-refractivity contribution is -0.0325. The van der Waals surface area contributed by atoms with Gasteiger partial charge in [-0.1, -0.05) is 20.8 Å². The van der Waals surface area contributed by atoms with Gasteiger partial charge in [-0.2, -0.15) is 0 Å². The van der Waals surface area contributed by atoms with Crippen molar-refractivity contribution in [3.05, 3.63) is 16.1 Å². The first-order valence-corrected chi connectivity index (χ1v) is 6.51. The van der Waals surface area contributed by atoms with Crippen molar-refractivity contribution in [1.82, 2.24) is 4.98 Å². The molecule has 15 heavy (non-hydrogen) atoms. The van der Waals surface area contributed by atoms with Crippen molar-refractivity contribution >= 4 is 11.3 Å². The van der Waals surface area contributed by atoms with Gasteiger partial charge in [0.1, 0.15) is 10.6 Å². The zero-order chi connectivity index (χ0) is 11.5. The van der Waals surface area contributed by atoms with Gasteiger partial charge in [0, 0.05) is 12.0 Å². The molecular weight excluding hydrogens is 206 g/mol. The number of ether oxygens (including phenoxy) is 1. The van der Waals surface area contributed by atoms with Gasteiger partial charge >= 0.3 is 0 Å². The Morgan fingerprint density at radius 1 is 1.47 bits per heavy atom. The molecule has 0 N–H and O–H groups in total. The first-order chi connectivity index (χ1) is 7.03. The van der Waals surface area contributed by atoms with Crippen LogP contribution in [0, 0.1) is 0 Å². The van der Waals surface area contributed by atoms with Crippen molar-refractivity contribution in [2.45, 2.75) is 52.6 Å². The zero-order valence-electron chi connectivity index (χ0n) is 10.3. The second-order valence-corrected chi connectivity index (χ2v) is 5.11. The highest BCUT2D eigenvalue weighted by Gasteiger charge is 2.28. The Hall–Kier alpha value is -0.410. The summed E-state index contributed by atoms with van der Waals surface area (Å²) in [6.45, 7) is 11.4. The molecule has 2 nitrogen and oxygen atoms in total. The SMILES string of the molecule is CCOC(C)(CC)c1nc(C(C)C)cs1. The van der Waals surface area contributed by atoms with Crippen LogP contribution in [0.2, 0.25) is 0 Å². The summed E-state index contributed by atoms with van der Waals surface area (Å²) in [6, 6.07) is 0. The summed E-state index contributed by atoms with van der Waals surface area (Å²) in [5, 5.41) is 3.25. The summed E-state index contributed by atoms with van der Waals surface area (Å²) in [5.41, 5.74) is 0.974. The molecule has 1 rings (SSSR count). The molecule has 0 bridgehead atoms. The molecule has 0 aliphatic heterocycles. The van der Waals surface area contributed by atoms with E-state index >= 15 is 0 Å². The summed E-state index contributed by atoms with van der Waals surface area (Å²) in [4.78, 5) is 4.66. The molecule has 3 heteroatoms. The van der Waals surface area contributed by atoms with E-state index in [1.165, 1.54) is 5.69 Å². The Morgan fingerprint density at radius 3 is 2.53 bits per heavy atom. The summed E-state index contributed by atoms with van der Waals surface area (Å²) in [5.74, 6) is 0.498. The standard InChI is InChI=1S/C12H21NOS/c1-6-12(5,14-7-2)11-13-10(8-15-11)9(3)4/h8-9H,6-7H2,1-5H3. The predicted octanol–water partition coefficient (Wildman–Crippen LogP) is 3.93. The molecule has 1 atom stereocenters. The molecule has 0 aliphatic rings. The van der Waals surface area contributed by atoms with Crippen LogP contribution in [0.3, 0.4) is 0 Å². The molecule has 86 valence electrons. The summed E-state index contributed by atoms with van der Waals surface area (Å²) < 4.78 is 5.81. The maximum atomic E-state index is 5.81. The van der Waals surface area contributed by atoms with Crippen molar-refractivity contribution < 1.29 is 4.74 Å². The van der Waals surface area contributed by atoms with Crippen molar-refractivity contribution in [2.75, 3.05) is 6.61 Å². The average molecular weight is 227 g/mol. The van der Waals surface area contributed by atoms with E-state index < -0.39 is 0 Å². The minimum Gasteiger partial charge on any atom is -0.368 e. The van der Waals surface area contributed by atoms with E-state index in [4.69, 9.17) is 4.74 Å². The van der Waals surface area contributed by atoms with Gasteiger partial charge in [0.05, 0.1) is 5.69 Å². The molecule has 0 aromatic carbocycles. The minimum atomic E-state index is -0.202. The summed E-state index contributed by atoms with van der Waals surface area (Å²) in [6.07, 6.45) is 0.964. The summed E-state index contributed by atoms with van der Waals surface area (Å²) >= 11 is 1.71. The van der Waals surface area contributed by atoms with Crippen LogP contribution in [0.5, 0.6) is 0 Å². The molecule has 0 fully saturated rings. The fraction of sp³-hybridized carbons (Fsp3) is 0.750. The van der Waals surface area contributed by atoms with Crippen LogP contribution in [0.15, 0.2) is 5.38 Å². The van der Waals surface area contributed by atoms with Crippen LogP contribution < -0.4 is 0 Å². The maximum absolute atomic E-state index is 5.81. The molecule has 1 aromatic heterocycles. The van der Waals surface area contributed by atoms with Gasteiger partial charge in [-0.15, -0.1) is 11.3 Å². The number of hydrogen-bond acceptors (Lipinski definition) is 3. The fourth-order valence-electron chi connectivity index (χ4n) is 1.43. The van der Waals surface area contributed by atoms with E-state index in [0.717, 1.165) is 18.0 Å². The molecule has 1 aromatic rings. The molecule has 1 unspecified atom stereocenters. The van der Waals surface area contributed by atoms with Crippen molar-refractivity contribution in [1.29, 1.82) is 0 Å². The highest BCUT2D eigenvalue weighted by atomic mass is 32.1. The second-order valence-electron chi connectivity index (χ2n) is 4.25. The number of hydrogen-bond donors (Lipinski definition) is 0. The van der Waals surface area contributed by atoms with Gasteiger partial charge in [-0.3, -0.25) is 0 Å². The van der Waals surface area contributed by atoms with Crippen LogP contribution in [-0.4, -0.2) is 11.6 Å². The highest BCUT2D eigenvalue weighted by Crippen LogP contribution is 2.32. The Bertz CT molecular complexity index is 308. The van der Waals surface area contributed by atoms with E-state index in [1.54, 1.807) is 11.3 Å². The number of thiazole rings is 1. The molecule has 1 heterocycles. The number of nitrogens with zero attached hydrogens (tertiary/aromatic N) is 1. The topological polar surface area (TPSA) is 22.1 Å². The Balaban J connectivity index is 2.92. The lowest BCUT2D eigenvalue weighted by Crippen LogP contribution is -2.24. The zero-order valence-corrected chi connectivity index (χ0v) is 11.1. The Morgan fingerprint density at radius 2 is 2.13 bits per heavy atom. The fourth-order valence-corrected chi connectivity index (χ4v) is 2.60. The lowest BCUT2D eigenvalue weighted by Gasteiger charge is -2.25. The average Bonchev–Trinajstić information content (AvgIpc) is 2.67. The van der Waals surface area contributed by atoms with Crippen molar-refractivity contribution in [3.63, 3.8) is 0 Å². The van der Waals surface area contributed by atoms with E-state index in [0.29, 0.717) is 5.92 Å². The molecule has 0 amide bonds. The van der Waals surface area contributed by atoms with E-state index in [2.05, 4.69) is 38.1 Å². The maximum Gasteiger partial charge on any atom is 0.125 e. The van der Waals surface area contributed by atoms with Gasteiger partial charge in [0.15, 0.2) is 0 Å². The normalized spacial score (nSPS) is 15.6. The van der Waals surface area contributed by atoms with Gasteiger partial charge in [0.25, 0.3) is 0 Å².